The zero-order valence-electron chi connectivity index (χ0n) is 12.7. The summed E-state index contributed by atoms with van der Waals surface area (Å²) in [7, 11) is 4.96. The molecule has 1 unspecified atom stereocenters. The first kappa shape index (κ1) is 15.0. The summed E-state index contributed by atoms with van der Waals surface area (Å²) in [6, 6.07) is 9.21. The van der Waals surface area contributed by atoms with E-state index in [1.54, 1.807) is 44.2 Å². The van der Waals surface area contributed by atoms with E-state index < -0.39 is 0 Å². The maximum atomic E-state index is 11.4. The van der Waals surface area contributed by atoms with E-state index in [2.05, 4.69) is 5.32 Å². The normalized spacial score (nSPS) is 11.8. The van der Waals surface area contributed by atoms with Gasteiger partial charge in [-0.15, -0.1) is 0 Å². The minimum Gasteiger partial charge on any atom is -0.493 e. The van der Waals surface area contributed by atoms with Crippen LogP contribution in [0.5, 0.6) is 11.5 Å². The fraction of sp³-hybridized carbons (Fsp3) is 0.312. The van der Waals surface area contributed by atoms with Gasteiger partial charge in [0.15, 0.2) is 11.5 Å². The lowest BCUT2D eigenvalue weighted by Gasteiger charge is -2.18. The summed E-state index contributed by atoms with van der Waals surface area (Å²) < 4.78 is 12.1. The van der Waals surface area contributed by atoms with Gasteiger partial charge in [0.1, 0.15) is 0 Å². The number of nitrogens with one attached hydrogen (secondary N) is 1. The molecule has 0 aliphatic carbocycles. The molecule has 1 heterocycles. The van der Waals surface area contributed by atoms with Crippen molar-refractivity contribution in [3.05, 3.63) is 52.4 Å². The molecule has 1 N–H and O–H groups in total. The van der Waals surface area contributed by atoms with Gasteiger partial charge in [-0.05, 0) is 30.7 Å². The molecule has 2 aromatic rings. The van der Waals surface area contributed by atoms with Crippen molar-refractivity contribution in [2.24, 2.45) is 7.05 Å². The summed E-state index contributed by atoms with van der Waals surface area (Å²) in [6.45, 7) is 2.05. The third-order valence-corrected chi connectivity index (χ3v) is 3.38. The van der Waals surface area contributed by atoms with Crippen LogP contribution >= 0.6 is 0 Å². The lowest BCUT2D eigenvalue weighted by atomic mass is 10.1. The number of aryl methyl sites for hydroxylation is 1. The highest BCUT2D eigenvalue weighted by atomic mass is 16.5. The fourth-order valence-corrected chi connectivity index (χ4v) is 2.13. The number of benzene rings is 1. The lowest BCUT2D eigenvalue weighted by Crippen LogP contribution is -2.16. The smallest absolute Gasteiger partial charge is 0.250 e. The quantitative estimate of drug-likeness (QED) is 0.918. The van der Waals surface area contributed by atoms with Crippen molar-refractivity contribution in [3.8, 4) is 11.5 Å². The topological polar surface area (TPSA) is 52.5 Å². The van der Waals surface area contributed by atoms with Crippen LogP contribution < -0.4 is 20.3 Å². The highest BCUT2D eigenvalue weighted by molar-refractivity contribution is 5.47. The molecule has 0 bridgehead atoms. The highest BCUT2D eigenvalue weighted by Crippen LogP contribution is 2.30. The van der Waals surface area contributed by atoms with Gasteiger partial charge in [-0.25, -0.2) is 0 Å². The Kier molecular flexibility index (Phi) is 4.52. The Morgan fingerprint density at radius 2 is 1.81 bits per heavy atom. The second-order valence-corrected chi connectivity index (χ2v) is 4.85. The molecule has 1 aromatic carbocycles. The van der Waals surface area contributed by atoms with Gasteiger partial charge < -0.3 is 19.4 Å². The molecule has 2 rings (SSSR count). The number of ether oxygens (including phenoxy) is 2. The van der Waals surface area contributed by atoms with Crippen molar-refractivity contribution < 1.29 is 9.47 Å². The van der Waals surface area contributed by atoms with E-state index in [-0.39, 0.29) is 11.6 Å². The van der Waals surface area contributed by atoms with Crippen molar-refractivity contribution in [3.63, 3.8) is 0 Å². The molecule has 5 nitrogen and oxygen atoms in total. The van der Waals surface area contributed by atoms with Crippen LogP contribution in [0.1, 0.15) is 18.5 Å². The molecule has 0 aliphatic rings. The van der Waals surface area contributed by atoms with Gasteiger partial charge in [0, 0.05) is 25.4 Å². The monoisotopic (exact) mass is 288 g/mol. The SMILES string of the molecule is COc1ccc(C(C)Nc2ccc(=O)n(C)c2)cc1OC. The Morgan fingerprint density at radius 3 is 2.43 bits per heavy atom. The van der Waals surface area contributed by atoms with Crippen LogP contribution in [0.3, 0.4) is 0 Å². The number of rotatable bonds is 5. The first-order valence-electron chi connectivity index (χ1n) is 6.70. The van der Waals surface area contributed by atoms with E-state index in [4.69, 9.17) is 9.47 Å². The van der Waals surface area contributed by atoms with Gasteiger partial charge >= 0.3 is 0 Å². The van der Waals surface area contributed by atoms with E-state index in [1.807, 2.05) is 25.1 Å². The molecule has 0 amide bonds. The van der Waals surface area contributed by atoms with Crippen molar-refractivity contribution in [2.75, 3.05) is 19.5 Å². The van der Waals surface area contributed by atoms with E-state index >= 15 is 0 Å². The Morgan fingerprint density at radius 1 is 1.10 bits per heavy atom. The molecule has 0 saturated heterocycles. The number of methoxy groups -OCH3 is 2. The predicted octanol–water partition coefficient (Wildman–Crippen LogP) is 2.58. The molecule has 0 spiro atoms. The molecule has 1 aromatic heterocycles. The van der Waals surface area contributed by atoms with Crippen LogP contribution in [0.15, 0.2) is 41.3 Å². The number of anilines is 1. The zero-order chi connectivity index (χ0) is 15.4. The third kappa shape index (κ3) is 3.37. The molecule has 5 heteroatoms. The second-order valence-electron chi connectivity index (χ2n) is 4.85. The van der Waals surface area contributed by atoms with Crippen molar-refractivity contribution in [2.45, 2.75) is 13.0 Å². The summed E-state index contributed by atoms with van der Waals surface area (Å²) in [5.74, 6) is 1.40. The first-order valence-corrected chi connectivity index (χ1v) is 6.70. The summed E-state index contributed by atoms with van der Waals surface area (Å²) in [5.41, 5.74) is 1.93. The maximum absolute atomic E-state index is 11.4. The molecule has 1 atom stereocenters. The highest BCUT2D eigenvalue weighted by Gasteiger charge is 2.10. The Hall–Kier alpha value is -2.43. The molecule has 21 heavy (non-hydrogen) atoms. The molecule has 112 valence electrons. The third-order valence-electron chi connectivity index (χ3n) is 3.38. The first-order chi connectivity index (χ1) is 10.0. The Balaban J connectivity index is 2.21. The van der Waals surface area contributed by atoms with Gasteiger partial charge in [0.2, 0.25) is 5.56 Å². The van der Waals surface area contributed by atoms with Crippen molar-refractivity contribution in [1.82, 2.24) is 4.57 Å². The second kappa shape index (κ2) is 6.35. The summed E-state index contributed by atoms with van der Waals surface area (Å²) in [6.07, 6.45) is 1.78. The predicted molar refractivity (Wildman–Crippen MR) is 83.3 cm³/mol. The van der Waals surface area contributed by atoms with Crippen LogP contribution in [-0.4, -0.2) is 18.8 Å². The number of pyridine rings is 1. The van der Waals surface area contributed by atoms with E-state index in [0.717, 1.165) is 11.3 Å². The van der Waals surface area contributed by atoms with Crippen LogP contribution in [0.25, 0.3) is 0 Å². The lowest BCUT2D eigenvalue weighted by molar-refractivity contribution is 0.354. The largest absolute Gasteiger partial charge is 0.493 e. The van der Waals surface area contributed by atoms with Gasteiger partial charge in [-0.1, -0.05) is 6.07 Å². The number of nitrogens with zero attached hydrogens (tertiary/aromatic N) is 1. The maximum Gasteiger partial charge on any atom is 0.250 e. The van der Waals surface area contributed by atoms with Gasteiger partial charge in [0.25, 0.3) is 0 Å². The van der Waals surface area contributed by atoms with Crippen LogP contribution in [-0.2, 0) is 7.05 Å². The van der Waals surface area contributed by atoms with Gasteiger partial charge in [-0.2, -0.15) is 0 Å². The zero-order valence-corrected chi connectivity index (χ0v) is 12.7. The van der Waals surface area contributed by atoms with Gasteiger partial charge in [-0.3, -0.25) is 4.79 Å². The van der Waals surface area contributed by atoms with E-state index in [9.17, 15) is 4.79 Å². The molecule has 0 saturated carbocycles. The number of hydrogen-bond acceptors (Lipinski definition) is 4. The summed E-state index contributed by atoms with van der Waals surface area (Å²) in [4.78, 5) is 11.4. The van der Waals surface area contributed by atoms with E-state index in [0.29, 0.717) is 11.5 Å². The number of aromatic nitrogens is 1. The van der Waals surface area contributed by atoms with Crippen molar-refractivity contribution in [1.29, 1.82) is 0 Å². The summed E-state index contributed by atoms with van der Waals surface area (Å²) >= 11 is 0. The fourth-order valence-electron chi connectivity index (χ4n) is 2.13. The molecular weight excluding hydrogens is 268 g/mol. The summed E-state index contributed by atoms with van der Waals surface area (Å²) in [5, 5.41) is 3.36. The Labute approximate surface area is 124 Å². The molecule has 0 aliphatic heterocycles. The molecular formula is C16H20N2O3. The van der Waals surface area contributed by atoms with Crippen LogP contribution in [0, 0.1) is 0 Å². The van der Waals surface area contributed by atoms with Crippen molar-refractivity contribution >= 4 is 5.69 Å². The minimum absolute atomic E-state index is 0.0284. The Bertz CT molecular complexity index is 679. The van der Waals surface area contributed by atoms with Gasteiger partial charge in [0.05, 0.1) is 19.9 Å². The van der Waals surface area contributed by atoms with Crippen LogP contribution in [0.2, 0.25) is 0 Å². The van der Waals surface area contributed by atoms with E-state index in [1.165, 1.54) is 0 Å². The minimum atomic E-state index is -0.0284. The van der Waals surface area contributed by atoms with Crippen LogP contribution in [0.4, 0.5) is 5.69 Å². The average Bonchev–Trinajstić information content (AvgIpc) is 2.50. The average molecular weight is 288 g/mol. The standard InChI is InChI=1S/C16H20N2O3/c1-11(17-13-6-8-16(19)18(2)10-13)12-5-7-14(20-3)15(9-12)21-4/h5-11,17H,1-4H3. The number of hydrogen-bond donors (Lipinski definition) is 1. The molecule has 0 fully saturated rings. The molecule has 0 radical (unpaired) electrons.